The van der Waals surface area contributed by atoms with E-state index in [9.17, 15) is 4.79 Å². The Bertz CT molecular complexity index is 324. The molecule has 0 aromatic carbocycles. The predicted molar refractivity (Wildman–Crippen MR) is 105 cm³/mol. The van der Waals surface area contributed by atoms with Crippen molar-refractivity contribution in [3.63, 3.8) is 0 Å². The van der Waals surface area contributed by atoms with Crippen molar-refractivity contribution in [2.75, 3.05) is 13.1 Å². The van der Waals surface area contributed by atoms with Gasteiger partial charge in [0.05, 0.1) is 0 Å². The van der Waals surface area contributed by atoms with Crippen LogP contribution in [0.2, 0.25) is 0 Å². The number of allylic oxidation sites excluding steroid dienone is 2. The van der Waals surface area contributed by atoms with Gasteiger partial charge in [-0.1, -0.05) is 76.9 Å². The Labute approximate surface area is 151 Å². The summed E-state index contributed by atoms with van der Waals surface area (Å²) in [4.78, 5) is 13.5. The first kappa shape index (κ1) is 21.3. The van der Waals surface area contributed by atoms with Gasteiger partial charge in [-0.05, 0) is 38.5 Å². The lowest BCUT2D eigenvalue weighted by molar-refractivity contribution is -0.127. The molecule has 0 spiro atoms. The van der Waals surface area contributed by atoms with Gasteiger partial charge in [-0.3, -0.25) is 4.79 Å². The van der Waals surface area contributed by atoms with E-state index in [1.54, 1.807) is 0 Å². The van der Waals surface area contributed by atoms with Crippen LogP contribution in [0.1, 0.15) is 110 Å². The molecule has 2 heteroatoms. The van der Waals surface area contributed by atoms with E-state index in [2.05, 4.69) is 24.0 Å². The van der Waals surface area contributed by atoms with Gasteiger partial charge in [0.1, 0.15) is 0 Å². The summed E-state index contributed by atoms with van der Waals surface area (Å²) < 4.78 is 0. The van der Waals surface area contributed by atoms with Gasteiger partial charge in [0.25, 0.3) is 0 Å². The lowest BCUT2D eigenvalue weighted by atomic mass is 10.1. The molecule has 0 aromatic rings. The highest BCUT2D eigenvalue weighted by Crippen LogP contribution is 2.13. The van der Waals surface area contributed by atoms with Crippen molar-refractivity contribution in [3.8, 4) is 0 Å². The number of hydrogen-bond donors (Lipinski definition) is 0. The van der Waals surface area contributed by atoms with Crippen LogP contribution in [-0.2, 0) is 4.79 Å². The standard InChI is InChI=1S/C22H41NO/c1-2-3-4-5-6-7-8-9-10-11-12-13-14-15-16-17-20-23-21-18-19-22(23)24/h9-10H,2-8,11-21H2,1H3. The molecule has 0 saturated carbocycles. The Morgan fingerprint density at radius 3 is 1.88 bits per heavy atom. The van der Waals surface area contributed by atoms with Crippen LogP contribution in [0, 0.1) is 0 Å². The monoisotopic (exact) mass is 335 g/mol. The van der Waals surface area contributed by atoms with E-state index in [-0.39, 0.29) is 0 Å². The molecule has 0 aliphatic carbocycles. The van der Waals surface area contributed by atoms with Crippen molar-refractivity contribution in [2.45, 2.75) is 110 Å². The van der Waals surface area contributed by atoms with Gasteiger partial charge < -0.3 is 4.90 Å². The molecule has 1 fully saturated rings. The third-order valence-corrected chi connectivity index (χ3v) is 5.11. The molecular formula is C22H41NO. The van der Waals surface area contributed by atoms with Crippen LogP contribution in [0.15, 0.2) is 12.2 Å². The molecule has 0 bridgehead atoms. The molecule has 0 atom stereocenters. The average Bonchev–Trinajstić information content (AvgIpc) is 2.99. The van der Waals surface area contributed by atoms with Crippen molar-refractivity contribution < 1.29 is 4.79 Å². The van der Waals surface area contributed by atoms with E-state index in [1.807, 2.05) is 0 Å². The molecule has 2 nitrogen and oxygen atoms in total. The van der Waals surface area contributed by atoms with Gasteiger partial charge in [-0.25, -0.2) is 0 Å². The van der Waals surface area contributed by atoms with Crippen molar-refractivity contribution in [1.82, 2.24) is 4.90 Å². The second-order valence-electron chi connectivity index (χ2n) is 7.42. The van der Waals surface area contributed by atoms with Gasteiger partial charge in [-0.2, -0.15) is 0 Å². The maximum absolute atomic E-state index is 11.5. The van der Waals surface area contributed by atoms with Crippen LogP contribution in [0.25, 0.3) is 0 Å². The number of carbonyl (C=O) groups is 1. The van der Waals surface area contributed by atoms with E-state index in [0.29, 0.717) is 5.91 Å². The number of rotatable bonds is 16. The summed E-state index contributed by atoms with van der Waals surface area (Å²) in [5.74, 6) is 0.378. The van der Waals surface area contributed by atoms with E-state index in [4.69, 9.17) is 0 Å². The predicted octanol–water partition coefficient (Wildman–Crippen LogP) is 6.65. The summed E-state index contributed by atoms with van der Waals surface area (Å²) in [6.45, 7) is 4.28. The van der Waals surface area contributed by atoms with Gasteiger partial charge in [0.15, 0.2) is 0 Å². The fourth-order valence-electron chi connectivity index (χ4n) is 3.49. The van der Waals surface area contributed by atoms with Crippen LogP contribution < -0.4 is 0 Å². The molecule has 1 rings (SSSR count). The Kier molecular flexibility index (Phi) is 13.9. The maximum Gasteiger partial charge on any atom is 0.222 e. The second-order valence-corrected chi connectivity index (χ2v) is 7.42. The van der Waals surface area contributed by atoms with E-state index in [0.717, 1.165) is 25.9 Å². The summed E-state index contributed by atoms with van der Waals surface area (Å²) in [6, 6.07) is 0. The highest BCUT2D eigenvalue weighted by molar-refractivity contribution is 5.77. The number of likely N-dealkylation sites (tertiary alicyclic amines) is 1. The number of hydrogen-bond acceptors (Lipinski definition) is 1. The van der Waals surface area contributed by atoms with Gasteiger partial charge >= 0.3 is 0 Å². The van der Waals surface area contributed by atoms with Crippen LogP contribution in [0.3, 0.4) is 0 Å². The molecule has 1 heterocycles. The molecule has 140 valence electrons. The van der Waals surface area contributed by atoms with Gasteiger partial charge in [0.2, 0.25) is 5.91 Å². The highest BCUT2D eigenvalue weighted by Gasteiger charge is 2.18. The van der Waals surface area contributed by atoms with Crippen LogP contribution in [0.5, 0.6) is 0 Å². The van der Waals surface area contributed by atoms with Crippen LogP contribution >= 0.6 is 0 Å². The van der Waals surface area contributed by atoms with Crippen LogP contribution in [-0.4, -0.2) is 23.9 Å². The molecular weight excluding hydrogens is 294 g/mol. The number of nitrogens with zero attached hydrogens (tertiary/aromatic N) is 1. The quantitative estimate of drug-likeness (QED) is 0.228. The zero-order valence-electron chi connectivity index (χ0n) is 16.2. The van der Waals surface area contributed by atoms with Gasteiger partial charge in [0, 0.05) is 19.5 Å². The topological polar surface area (TPSA) is 20.3 Å². The zero-order chi connectivity index (χ0) is 17.3. The summed E-state index contributed by atoms with van der Waals surface area (Å²) in [6.07, 6.45) is 25.5. The number of carbonyl (C=O) groups excluding carboxylic acids is 1. The number of unbranched alkanes of at least 4 members (excludes halogenated alkanes) is 12. The third kappa shape index (κ3) is 11.7. The minimum absolute atomic E-state index is 0.378. The molecule has 0 radical (unpaired) electrons. The largest absolute Gasteiger partial charge is 0.343 e. The summed E-state index contributed by atoms with van der Waals surface area (Å²) in [5.41, 5.74) is 0. The Morgan fingerprint density at radius 1 is 0.792 bits per heavy atom. The van der Waals surface area contributed by atoms with Crippen LogP contribution in [0.4, 0.5) is 0 Å². The molecule has 0 unspecified atom stereocenters. The van der Waals surface area contributed by atoms with E-state index >= 15 is 0 Å². The first-order valence-electron chi connectivity index (χ1n) is 10.8. The Morgan fingerprint density at radius 2 is 1.33 bits per heavy atom. The second kappa shape index (κ2) is 15.7. The van der Waals surface area contributed by atoms with Crippen molar-refractivity contribution in [3.05, 3.63) is 12.2 Å². The molecule has 1 aliphatic rings. The van der Waals surface area contributed by atoms with Crippen molar-refractivity contribution in [2.24, 2.45) is 0 Å². The Balaban J connectivity index is 1.74. The minimum atomic E-state index is 0.378. The normalized spacial score (nSPS) is 15.0. The fourth-order valence-corrected chi connectivity index (χ4v) is 3.49. The SMILES string of the molecule is CCCCCCCCC=CCCCCCCCCN1CCCC1=O. The lowest BCUT2D eigenvalue weighted by Gasteiger charge is -2.14. The molecule has 1 aliphatic heterocycles. The maximum atomic E-state index is 11.5. The third-order valence-electron chi connectivity index (χ3n) is 5.11. The van der Waals surface area contributed by atoms with Gasteiger partial charge in [-0.15, -0.1) is 0 Å². The molecule has 0 N–H and O–H groups in total. The lowest BCUT2D eigenvalue weighted by Crippen LogP contribution is -2.25. The summed E-state index contributed by atoms with van der Waals surface area (Å²) >= 11 is 0. The molecule has 1 saturated heterocycles. The first-order valence-corrected chi connectivity index (χ1v) is 10.8. The average molecular weight is 336 g/mol. The minimum Gasteiger partial charge on any atom is -0.343 e. The zero-order valence-corrected chi connectivity index (χ0v) is 16.2. The fraction of sp³-hybridized carbons (Fsp3) is 0.864. The smallest absolute Gasteiger partial charge is 0.222 e. The van der Waals surface area contributed by atoms with E-state index in [1.165, 1.54) is 89.9 Å². The van der Waals surface area contributed by atoms with E-state index < -0.39 is 0 Å². The van der Waals surface area contributed by atoms with Crippen molar-refractivity contribution >= 4 is 5.91 Å². The summed E-state index contributed by atoms with van der Waals surface area (Å²) in [7, 11) is 0. The highest BCUT2D eigenvalue weighted by atomic mass is 16.2. The number of amides is 1. The first-order chi connectivity index (χ1) is 11.8. The molecule has 0 aromatic heterocycles. The molecule has 24 heavy (non-hydrogen) atoms. The van der Waals surface area contributed by atoms with Crippen molar-refractivity contribution in [1.29, 1.82) is 0 Å². The molecule has 1 amide bonds. The Hall–Kier alpha value is -0.790. The summed E-state index contributed by atoms with van der Waals surface area (Å²) in [5, 5.41) is 0.